The van der Waals surface area contributed by atoms with Crippen LogP contribution >= 0.6 is 0 Å². The Bertz CT molecular complexity index is 2680. The van der Waals surface area contributed by atoms with Crippen molar-refractivity contribution >= 4 is 57.2 Å². The molecule has 3 heteroatoms. The van der Waals surface area contributed by atoms with Gasteiger partial charge in [-0.15, -0.1) is 0 Å². The van der Waals surface area contributed by atoms with Crippen LogP contribution in [-0.4, -0.2) is 6.71 Å². The highest BCUT2D eigenvalue weighted by molar-refractivity contribution is 7.00. The SMILES string of the molecule is Cc1cc2c3c(c1)N(c1ccc4c(c1)C(C)(C)CCC4(C)C)c1cc4c(cc1B3c1cc3c(cc1N2c1ccc2c(c1)C(C)(C)CCC2(C)C)C(C)(C)CC3(C)C)C(C)(C)CC4(C)C. The molecule has 332 valence electrons. The van der Waals surface area contributed by atoms with Crippen molar-refractivity contribution in [3.63, 3.8) is 0 Å². The molecule has 0 atom stereocenters. The van der Waals surface area contributed by atoms with Gasteiger partial charge in [0.05, 0.1) is 0 Å². The van der Waals surface area contributed by atoms with E-state index < -0.39 is 0 Å². The summed E-state index contributed by atoms with van der Waals surface area (Å²) in [5.74, 6) is 0. The number of anilines is 6. The zero-order valence-corrected chi connectivity index (χ0v) is 42.6. The zero-order chi connectivity index (χ0) is 45.9. The van der Waals surface area contributed by atoms with Gasteiger partial charge in [0, 0.05) is 34.1 Å². The monoisotopic (exact) mass is 847 g/mol. The van der Waals surface area contributed by atoms with Crippen LogP contribution < -0.4 is 26.2 Å². The van der Waals surface area contributed by atoms with Crippen molar-refractivity contribution in [3.8, 4) is 0 Å². The Morgan fingerprint density at radius 3 is 1.02 bits per heavy atom. The Morgan fingerprint density at radius 2 is 0.656 bits per heavy atom. The topological polar surface area (TPSA) is 6.48 Å². The minimum Gasteiger partial charge on any atom is -0.311 e. The van der Waals surface area contributed by atoms with E-state index in [0.29, 0.717) is 0 Å². The second kappa shape index (κ2) is 12.6. The fourth-order valence-corrected chi connectivity index (χ4v) is 15.0. The van der Waals surface area contributed by atoms with E-state index in [1.807, 2.05) is 0 Å². The number of nitrogens with zero attached hydrogens (tertiary/aromatic N) is 2. The highest BCUT2D eigenvalue weighted by Crippen LogP contribution is 2.57. The maximum Gasteiger partial charge on any atom is 0.252 e. The van der Waals surface area contributed by atoms with Crippen molar-refractivity contribution in [2.75, 3.05) is 9.80 Å². The van der Waals surface area contributed by atoms with Gasteiger partial charge in [-0.05, 0) is 204 Å². The molecule has 0 fully saturated rings. The van der Waals surface area contributed by atoms with E-state index in [2.05, 4.69) is 200 Å². The van der Waals surface area contributed by atoms with E-state index in [0.717, 1.165) is 12.8 Å². The first kappa shape index (κ1) is 42.4. The summed E-state index contributed by atoms with van der Waals surface area (Å²) in [6, 6.07) is 31.0. The molecule has 0 radical (unpaired) electrons. The molecule has 0 saturated heterocycles. The molecule has 6 aliphatic rings. The lowest BCUT2D eigenvalue weighted by Gasteiger charge is -2.47. The molecule has 0 aromatic heterocycles. The third kappa shape index (κ3) is 5.76. The van der Waals surface area contributed by atoms with Crippen LogP contribution in [0, 0.1) is 6.92 Å². The van der Waals surface area contributed by atoms with Crippen LogP contribution in [-0.2, 0) is 43.3 Å². The standard InChI is InChI=1S/C61H75BN2/c1-36-26-51-53-52(27-36)64(38-19-21-40-42(29-38)57(8,9)25-23-55(40,4)5)50-33-46-44(59(12,13)35-61(46,16)17)31-48(50)62(53)47-30-43-45(60(14,15)34-58(43,10)11)32-49(47)63(51)37-18-20-39-41(28-37)56(6,7)24-22-54(39,2)3/h18-21,26-33H,22-25,34-35H2,1-17H3. The smallest absolute Gasteiger partial charge is 0.252 e. The molecule has 0 unspecified atom stereocenters. The minimum atomic E-state index is 0.0753. The van der Waals surface area contributed by atoms with E-state index in [1.54, 1.807) is 0 Å². The summed E-state index contributed by atoms with van der Waals surface area (Å²) < 4.78 is 0. The molecule has 2 heterocycles. The van der Waals surface area contributed by atoms with Crippen LogP contribution in [0.1, 0.15) is 199 Å². The predicted molar refractivity (Wildman–Crippen MR) is 277 cm³/mol. The van der Waals surface area contributed by atoms with E-state index in [-0.39, 0.29) is 50.0 Å². The van der Waals surface area contributed by atoms with Crippen molar-refractivity contribution in [2.45, 2.75) is 200 Å². The third-order valence-corrected chi connectivity index (χ3v) is 18.4. The Hall–Kier alpha value is -4.24. The fourth-order valence-electron chi connectivity index (χ4n) is 15.0. The first-order chi connectivity index (χ1) is 29.5. The molecule has 0 amide bonds. The summed E-state index contributed by atoms with van der Waals surface area (Å²) in [6.45, 7) is 42.1. The molecular formula is C61H75BN2. The Morgan fingerprint density at radius 1 is 0.344 bits per heavy atom. The lowest BCUT2D eigenvalue weighted by atomic mass is 9.33. The summed E-state index contributed by atoms with van der Waals surface area (Å²) in [6.07, 6.45) is 7.12. The first-order valence-electron chi connectivity index (χ1n) is 25.0. The van der Waals surface area contributed by atoms with Crippen LogP contribution in [0.4, 0.5) is 34.1 Å². The van der Waals surface area contributed by atoms with Crippen LogP contribution in [0.15, 0.2) is 72.8 Å². The molecule has 11 rings (SSSR count). The number of rotatable bonds is 2. The molecule has 64 heavy (non-hydrogen) atoms. The summed E-state index contributed by atoms with van der Waals surface area (Å²) >= 11 is 0. The summed E-state index contributed by atoms with van der Waals surface area (Å²) in [5, 5.41) is 0. The van der Waals surface area contributed by atoms with Gasteiger partial charge < -0.3 is 9.80 Å². The van der Waals surface area contributed by atoms with Crippen molar-refractivity contribution in [1.82, 2.24) is 0 Å². The lowest BCUT2D eigenvalue weighted by Crippen LogP contribution is -2.62. The first-order valence-corrected chi connectivity index (χ1v) is 25.0. The van der Waals surface area contributed by atoms with Gasteiger partial charge in [0.1, 0.15) is 0 Å². The van der Waals surface area contributed by atoms with Gasteiger partial charge in [0.2, 0.25) is 0 Å². The second-order valence-corrected chi connectivity index (χ2v) is 27.1. The molecule has 0 spiro atoms. The predicted octanol–water partition coefficient (Wildman–Crippen LogP) is 14.7. The molecule has 0 N–H and O–H groups in total. The fraction of sp³-hybridized carbons (Fsp3) is 0.508. The van der Waals surface area contributed by atoms with Crippen molar-refractivity contribution in [2.24, 2.45) is 0 Å². The van der Waals surface area contributed by atoms with Gasteiger partial charge in [-0.2, -0.15) is 0 Å². The van der Waals surface area contributed by atoms with Gasteiger partial charge in [-0.1, -0.05) is 135 Å². The quantitative estimate of drug-likeness (QED) is 0.160. The van der Waals surface area contributed by atoms with Crippen LogP contribution in [0.2, 0.25) is 0 Å². The maximum absolute atomic E-state index is 2.72. The summed E-state index contributed by atoms with van der Waals surface area (Å²) in [4.78, 5) is 5.44. The Balaban J connectivity index is 1.26. The molecular weight excluding hydrogens is 771 g/mol. The van der Waals surface area contributed by atoms with Gasteiger partial charge >= 0.3 is 0 Å². The van der Waals surface area contributed by atoms with Crippen LogP contribution in [0.25, 0.3) is 0 Å². The third-order valence-electron chi connectivity index (χ3n) is 18.4. The Labute approximate surface area is 387 Å². The van der Waals surface area contributed by atoms with Crippen molar-refractivity contribution < 1.29 is 0 Å². The molecule has 5 aromatic carbocycles. The average Bonchev–Trinajstić information content (AvgIpc) is 3.50. The highest BCUT2D eigenvalue weighted by atomic mass is 15.2. The summed E-state index contributed by atoms with van der Waals surface area (Å²) in [7, 11) is 0. The minimum absolute atomic E-state index is 0.0753. The number of hydrogen-bond donors (Lipinski definition) is 0. The van der Waals surface area contributed by atoms with Crippen LogP contribution in [0.5, 0.6) is 0 Å². The largest absolute Gasteiger partial charge is 0.311 e. The zero-order valence-electron chi connectivity index (χ0n) is 42.6. The van der Waals surface area contributed by atoms with Gasteiger partial charge in [0.25, 0.3) is 6.71 Å². The van der Waals surface area contributed by atoms with E-state index >= 15 is 0 Å². The highest BCUT2D eigenvalue weighted by Gasteiger charge is 2.51. The number of hydrogen-bond acceptors (Lipinski definition) is 2. The molecule has 0 saturated carbocycles. The van der Waals surface area contributed by atoms with Gasteiger partial charge in [0.15, 0.2) is 0 Å². The van der Waals surface area contributed by atoms with E-state index in [4.69, 9.17) is 0 Å². The van der Waals surface area contributed by atoms with E-state index in [1.165, 1.54) is 126 Å². The number of benzene rings is 5. The second-order valence-electron chi connectivity index (χ2n) is 27.1. The normalized spacial score (nSPS) is 23.3. The van der Waals surface area contributed by atoms with Crippen molar-refractivity contribution in [3.05, 3.63) is 123 Å². The van der Waals surface area contributed by atoms with Gasteiger partial charge in [-0.3, -0.25) is 0 Å². The maximum atomic E-state index is 2.72. The van der Waals surface area contributed by atoms with Crippen molar-refractivity contribution in [1.29, 1.82) is 0 Å². The number of fused-ring (bicyclic) bond motifs is 8. The molecule has 2 nitrogen and oxygen atoms in total. The van der Waals surface area contributed by atoms with Crippen LogP contribution in [0.3, 0.4) is 0 Å². The Kier molecular flexibility index (Phi) is 8.35. The lowest BCUT2D eigenvalue weighted by molar-refractivity contribution is 0.332. The molecule has 0 bridgehead atoms. The molecule has 5 aromatic rings. The summed E-state index contributed by atoms with van der Waals surface area (Å²) in [5.41, 5.74) is 26.6. The average molecular weight is 847 g/mol. The molecule has 2 aliphatic heterocycles. The van der Waals surface area contributed by atoms with E-state index in [9.17, 15) is 0 Å². The molecule has 4 aliphatic carbocycles. The number of aryl methyl sites for hydroxylation is 1. The van der Waals surface area contributed by atoms with Gasteiger partial charge in [-0.25, -0.2) is 0 Å².